The predicted molar refractivity (Wildman–Crippen MR) is 164 cm³/mol. The number of carbonyl (C=O) groups is 2. The Bertz CT molecular complexity index is 1450. The number of hydrogen-bond acceptors (Lipinski definition) is 5. The Hall–Kier alpha value is -1.93. The second kappa shape index (κ2) is 10.4. The van der Waals surface area contributed by atoms with Gasteiger partial charge >= 0.3 is 5.97 Å². The molecule has 1 N–H and O–H groups in total. The van der Waals surface area contributed by atoms with Crippen LogP contribution in [0, 0.1) is 10.7 Å². The molecule has 1 aliphatic carbocycles. The fourth-order valence-electron chi connectivity index (χ4n) is 4.66. The summed E-state index contributed by atoms with van der Waals surface area (Å²) in [7, 11) is 1.36. The number of carbonyl (C=O) groups excluding carboxylic acids is 2. The first-order valence-electron chi connectivity index (χ1n) is 11.1. The molecular weight excluding hydrogens is 795 g/mol. The van der Waals surface area contributed by atoms with Gasteiger partial charge in [-0.1, -0.05) is 36.4 Å². The zero-order valence-corrected chi connectivity index (χ0v) is 25.8. The van der Waals surface area contributed by atoms with Crippen LogP contribution in [-0.4, -0.2) is 18.9 Å². The number of Topliss-reactive ketones (excluding diaryl/α,β-unsaturated/α-hetero) is 1. The minimum Gasteiger partial charge on any atom is -0.487 e. The molecule has 0 saturated carbocycles. The molecule has 5 nitrogen and oxygen atoms in total. The lowest BCUT2D eigenvalue weighted by atomic mass is 9.80. The topological polar surface area (TPSA) is 64.6 Å². The fraction of sp³-hybridized carbons (Fsp3) is 0.143. The van der Waals surface area contributed by atoms with Gasteiger partial charge in [0.1, 0.15) is 12.4 Å². The van der Waals surface area contributed by atoms with E-state index in [2.05, 4.69) is 97.4 Å². The molecule has 0 radical (unpaired) electrons. The van der Waals surface area contributed by atoms with E-state index in [0.29, 0.717) is 29.0 Å². The minimum atomic E-state index is -0.555. The van der Waals surface area contributed by atoms with Crippen molar-refractivity contribution in [3.8, 4) is 5.75 Å². The van der Waals surface area contributed by atoms with Crippen LogP contribution < -0.4 is 10.1 Å². The van der Waals surface area contributed by atoms with Gasteiger partial charge in [-0.25, -0.2) is 4.79 Å². The third-order valence-corrected chi connectivity index (χ3v) is 8.63. The zero-order valence-electron chi connectivity index (χ0n) is 19.3. The summed E-state index contributed by atoms with van der Waals surface area (Å²) in [5.41, 5.74) is 5.88. The molecule has 0 saturated heterocycles. The molecule has 0 unspecified atom stereocenters. The second-order valence-electron chi connectivity index (χ2n) is 8.48. The molecule has 8 heteroatoms. The highest BCUT2D eigenvalue weighted by atomic mass is 127. The maximum absolute atomic E-state index is 13.6. The van der Waals surface area contributed by atoms with Crippen molar-refractivity contribution in [3.05, 3.63) is 110 Å². The lowest BCUT2D eigenvalue weighted by Crippen LogP contribution is -2.29. The number of ether oxygens (including phenoxy) is 2. The maximum Gasteiger partial charge on any atom is 0.336 e. The zero-order chi connectivity index (χ0) is 25.6. The molecule has 0 fully saturated rings. The van der Waals surface area contributed by atoms with Crippen molar-refractivity contribution in [1.82, 2.24) is 5.32 Å². The van der Waals surface area contributed by atoms with E-state index in [-0.39, 0.29) is 5.78 Å². The van der Waals surface area contributed by atoms with Gasteiger partial charge in [-0.05, 0) is 110 Å². The van der Waals surface area contributed by atoms with Crippen molar-refractivity contribution in [2.45, 2.75) is 19.4 Å². The van der Waals surface area contributed by atoms with Crippen molar-refractivity contribution >= 4 is 85.2 Å². The van der Waals surface area contributed by atoms with Crippen LogP contribution >= 0.6 is 67.8 Å². The number of nitrogens with one attached hydrogen (secondary N) is 1. The third-order valence-electron chi connectivity index (χ3n) is 6.30. The van der Waals surface area contributed by atoms with Crippen molar-refractivity contribution in [1.29, 1.82) is 0 Å². The van der Waals surface area contributed by atoms with Crippen LogP contribution in [-0.2, 0) is 16.1 Å². The predicted octanol–water partition coefficient (Wildman–Crippen LogP) is 6.82. The van der Waals surface area contributed by atoms with Gasteiger partial charge in [0.2, 0.25) is 0 Å². The average molecular weight is 815 g/mol. The summed E-state index contributed by atoms with van der Waals surface area (Å²) in [5.74, 6) is -0.302. The highest BCUT2D eigenvalue weighted by Crippen LogP contribution is 2.48. The number of methoxy groups -OCH3 is 1. The number of dihydropyridines is 1. The van der Waals surface area contributed by atoms with Crippen LogP contribution in [0.3, 0.4) is 0 Å². The lowest BCUT2D eigenvalue weighted by molar-refractivity contribution is -0.136. The van der Waals surface area contributed by atoms with Crippen molar-refractivity contribution in [2.24, 2.45) is 0 Å². The standard InChI is InChI=1S/C28H20I3NO4/c1-14-22(28(34)35-2)23(24-25(32-14)18-5-3-4-6-19(18)26(24)33)16-11-20(30)27(21(31)12-16)36-13-15-7-9-17(29)10-8-15/h3-12,23,32H,13H2,1-2H3/t23-/m1/s1. The second-order valence-corrected chi connectivity index (χ2v) is 12.1. The summed E-state index contributed by atoms with van der Waals surface area (Å²) >= 11 is 6.80. The van der Waals surface area contributed by atoms with Crippen molar-refractivity contribution in [3.63, 3.8) is 0 Å². The highest BCUT2D eigenvalue weighted by molar-refractivity contribution is 14.1. The van der Waals surface area contributed by atoms with Gasteiger partial charge in [0, 0.05) is 31.9 Å². The van der Waals surface area contributed by atoms with E-state index in [0.717, 1.165) is 35.3 Å². The van der Waals surface area contributed by atoms with Crippen LogP contribution in [0.5, 0.6) is 5.75 Å². The normalized spacial score (nSPS) is 16.5. The number of ketones is 1. The Morgan fingerprint density at radius 1 is 0.972 bits per heavy atom. The number of rotatable bonds is 5. The molecule has 0 aromatic heterocycles. The summed E-state index contributed by atoms with van der Waals surface area (Å²) in [4.78, 5) is 26.6. The number of allylic oxidation sites excluding steroid dienone is 2. The molecule has 182 valence electrons. The summed E-state index contributed by atoms with van der Waals surface area (Å²) in [6.07, 6.45) is 0. The first kappa shape index (κ1) is 25.7. The Kier molecular flexibility index (Phi) is 7.46. The van der Waals surface area contributed by atoms with Gasteiger partial charge in [-0.3, -0.25) is 4.79 Å². The quantitative estimate of drug-likeness (QED) is 0.227. The fourth-order valence-corrected chi connectivity index (χ4v) is 7.15. The summed E-state index contributed by atoms with van der Waals surface area (Å²) in [6, 6.07) is 19.8. The maximum atomic E-state index is 13.6. The van der Waals surface area contributed by atoms with Crippen LogP contribution in [0.1, 0.15) is 39.9 Å². The van der Waals surface area contributed by atoms with E-state index >= 15 is 0 Å². The van der Waals surface area contributed by atoms with E-state index in [1.54, 1.807) is 0 Å². The molecule has 0 amide bonds. The Morgan fingerprint density at radius 2 is 1.61 bits per heavy atom. The Morgan fingerprint density at radius 3 is 2.25 bits per heavy atom. The van der Waals surface area contributed by atoms with Crippen molar-refractivity contribution in [2.75, 3.05) is 7.11 Å². The molecule has 2 aliphatic rings. The lowest BCUT2D eigenvalue weighted by Gasteiger charge is -2.29. The molecule has 1 aliphatic heterocycles. The molecule has 36 heavy (non-hydrogen) atoms. The Labute approximate surface area is 250 Å². The van der Waals surface area contributed by atoms with Gasteiger partial charge in [0.15, 0.2) is 5.78 Å². The molecule has 0 bridgehead atoms. The number of fused-ring (bicyclic) bond motifs is 2. The average Bonchev–Trinajstić information content (AvgIpc) is 3.14. The molecule has 1 atom stereocenters. The van der Waals surface area contributed by atoms with Crippen LogP contribution in [0.15, 0.2) is 77.5 Å². The third kappa shape index (κ3) is 4.60. The van der Waals surface area contributed by atoms with Gasteiger partial charge in [-0.15, -0.1) is 0 Å². The largest absolute Gasteiger partial charge is 0.487 e. The van der Waals surface area contributed by atoms with Crippen LogP contribution in [0.25, 0.3) is 5.70 Å². The first-order chi connectivity index (χ1) is 17.3. The number of hydrogen-bond donors (Lipinski definition) is 1. The summed E-state index contributed by atoms with van der Waals surface area (Å²) < 4.78 is 14.3. The first-order valence-corrected chi connectivity index (χ1v) is 14.3. The number of halogens is 3. The van der Waals surface area contributed by atoms with E-state index in [1.165, 1.54) is 10.7 Å². The van der Waals surface area contributed by atoms with E-state index < -0.39 is 11.9 Å². The molecule has 0 spiro atoms. The van der Waals surface area contributed by atoms with Gasteiger partial charge < -0.3 is 14.8 Å². The summed E-state index contributed by atoms with van der Waals surface area (Å²) in [6.45, 7) is 2.30. The molecule has 3 aromatic rings. The van der Waals surface area contributed by atoms with Crippen LogP contribution in [0.2, 0.25) is 0 Å². The molecule has 1 heterocycles. The SMILES string of the molecule is COC(=O)C1=C(C)NC2=C(C(=O)c3ccccc32)[C@@H]1c1cc(I)c(OCc2ccc(I)cc2)c(I)c1. The molecule has 3 aromatic carbocycles. The number of benzene rings is 3. The van der Waals surface area contributed by atoms with Gasteiger partial charge in [0.05, 0.1) is 25.5 Å². The van der Waals surface area contributed by atoms with E-state index in [1.807, 2.05) is 43.3 Å². The van der Waals surface area contributed by atoms with E-state index in [4.69, 9.17) is 9.47 Å². The summed E-state index contributed by atoms with van der Waals surface area (Å²) in [5, 5.41) is 3.32. The van der Waals surface area contributed by atoms with Gasteiger partial charge in [-0.2, -0.15) is 0 Å². The molecular formula is C28H20I3NO4. The smallest absolute Gasteiger partial charge is 0.336 e. The monoisotopic (exact) mass is 815 g/mol. The van der Waals surface area contributed by atoms with Crippen LogP contribution in [0.4, 0.5) is 0 Å². The minimum absolute atomic E-state index is 0.0731. The van der Waals surface area contributed by atoms with Crippen molar-refractivity contribution < 1.29 is 19.1 Å². The number of esters is 1. The molecule has 5 rings (SSSR count). The van der Waals surface area contributed by atoms with E-state index in [9.17, 15) is 9.59 Å². The highest BCUT2D eigenvalue weighted by Gasteiger charge is 2.43. The Balaban J connectivity index is 1.57. The van der Waals surface area contributed by atoms with Gasteiger partial charge in [0.25, 0.3) is 0 Å².